The zero-order valence-electron chi connectivity index (χ0n) is 18.1. The summed E-state index contributed by atoms with van der Waals surface area (Å²) in [4.78, 5) is 40.8. The Morgan fingerprint density at radius 1 is 1.00 bits per heavy atom. The van der Waals surface area contributed by atoms with Crippen LogP contribution in [0.2, 0.25) is 10.0 Å². The Kier molecular flexibility index (Phi) is 6.63. The highest BCUT2D eigenvalue weighted by Gasteiger charge is 2.18. The van der Waals surface area contributed by atoms with E-state index in [0.29, 0.717) is 38.3 Å². The molecule has 10 heteroatoms. The van der Waals surface area contributed by atoms with Crippen LogP contribution in [0, 0.1) is 0 Å². The number of nitrogens with zero attached hydrogens (tertiary/aromatic N) is 1. The minimum absolute atomic E-state index is 0.00783. The first kappa shape index (κ1) is 23.4. The Morgan fingerprint density at radius 3 is 2.26 bits per heavy atom. The predicted octanol–water partition coefficient (Wildman–Crippen LogP) is 4.31. The summed E-state index contributed by atoms with van der Waals surface area (Å²) in [5.41, 5.74) is 0.100. The van der Waals surface area contributed by atoms with Gasteiger partial charge in [-0.1, -0.05) is 29.3 Å². The average Bonchev–Trinajstić information content (AvgIpc) is 2.82. The lowest BCUT2D eigenvalue weighted by molar-refractivity contribution is 0.102. The van der Waals surface area contributed by atoms with Gasteiger partial charge in [0.15, 0.2) is 0 Å². The maximum Gasteiger partial charge on any atom is 0.261 e. The molecule has 0 atom stereocenters. The number of benzene rings is 2. The summed E-state index contributed by atoms with van der Waals surface area (Å²) in [6.07, 6.45) is 1.41. The molecule has 0 spiro atoms. The van der Waals surface area contributed by atoms with Crippen molar-refractivity contribution in [3.05, 3.63) is 96.5 Å². The summed E-state index contributed by atoms with van der Waals surface area (Å²) in [7, 11) is 2.97. The maximum atomic E-state index is 13.2. The predicted molar refractivity (Wildman–Crippen MR) is 132 cm³/mol. The van der Waals surface area contributed by atoms with Gasteiger partial charge in [0.05, 0.1) is 26.3 Å². The van der Waals surface area contributed by atoms with Gasteiger partial charge >= 0.3 is 0 Å². The molecule has 8 nitrogen and oxygen atoms in total. The number of hydrogen-bond acceptors (Lipinski definition) is 5. The SMILES string of the molecule is COc1cc(NC(=O)c2cn(Cc3c(Cl)cccc3Cl)c3ccc(=O)[nH]c3c2=O)cc(OC)c1. The molecular formula is C24H19Cl2N3O5. The molecule has 0 unspecified atom stereocenters. The van der Waals surface area contributed by atoms with E-state index >= 15 is 0 Å². The number of aromatic nitrogens is 2. The number of carbonyl (C=O) groups is 1. The number of H-pyrrole nitrogens is 1. The number of methoxy groups -OCH3 is 2. The van der Waals surface area contributed by atoms with E-state index in [1.54, 1.807) is 41.0 Å². The minimum Gasteiger partial charge on any atom is -0.497 e. The van der Waals surface area contributed by atoms with Crippen LogP contribution in [0.15, 0.2) is 64.3 Å². The van der Waals surface area contributed by atoms with Crippen LogP contribution in [0.3, 0.4) is 0 Å². The second-order valence-corrected chi connectivity index (χ2v) is 8.15. The number of halogens is 2. The van der Waals surface area contributed by atoms with Crippen LogP contribution in [0.25, 0.3) is 11.0 Å². The molecule has 0 aliphatic heterocycles. The second kappa shape index (κ2) is 9.62. The van der Waals surface area contributed by atoms with E-state index in [-0.39, 0.29) is 17.6 Å². The van der Waals surface area contributed by atoms with Gasteiger partial charge < -0.3 is 24.3 Å². The molecule has 0 aliphatic rings. The molecule has 2 N–H and O–H groups in total. The van der Waals surface area contributed by atoms with E-state index in [1.165, 1.54) is 32.5 Å². The Bertz CT molecular complexity index is 1490. The average molecular weight is 500 g/mol. The van der Waals surface area contributed by atoms with Gasteiger partial charge in [-0.15, -0.1) is 0 Å². The number of rotatable bonds is 6. The number of pyridine rings is 2. The lowest BCUT2D eigenvalue weighted by atomic mass is 10.1. The molecule has 2 aromatic carbocycles. The van der Waals surface area contributed by atoms with Crippen molar-refractivity contribution in [3.63, 3.8) is 0 Å². The number of hydrogen-bond donors (Lipinski definition) is 2. The van der Waals surface area contributed by atoms with Gasteiger partial charge in [-0.3, -0.25) is 14.4 Å². The number of anilines is 1. The number of aromatic amines is 1. The fraction of sp³-hybridized carbons (Fsp3) is 0.125. The summed E-state index contributed by atoms with van der Waals surface area (Å²) in [5, 5.41) is 3.54. The summed E-state index contributed by atoms with van der Waals surface area (Å²) < 4.78 is 12.1. The quantitative estimate of drug-likeness (QED) is 0.411. The molecule has 0 aliphatic carbocycles. The van der Waals surface area contributed by atoms with Crippen LogP contribution >= 0.6 is 23.2 Å². The van der Waals surface area contributed by atoms with E-state index in [1.807, 2.05) is 0 Å². The number of amides is 1. The van der Waals surface area contributed by atoms with Crippen molar-refractivity contribution in [2.45, 2.75) is 6.54 Å². The van der Waals surface area contributed by atoms with Crippen LogP contribution in [0.1, 0.15) is 15.9 Å². The molecule has 2 heterocycles. The first-order valence-corrected chi connectivity index (χ1v) is 10.8. The van der Waals surface area contributed by atoms with Gasteiger partial charge in [0.1, 0.15) is 22.6 Å². The van der Waals surface area contributed by atoms with E-state index < -0.39 is 16.9 Å². The van der Waals surface area contributed by atoms with Gasteiger partial charge in [0, 0.05) is 51.8 Å². The molecule has 0 bridgehead atoms. The zero-order valence-corrected chi connectivity index (χ0v) is 19.7. The third-order valence-electron chi connectivity index (χ3n) is 5.21. The van der Waals surface area contributed by atoms with Crippen molar-refractivity contribution in [2.75, 3.05) is 19.5 Å². The Morgan fingerprint density at radius 2 is 1.65 bits per heavy atom. The van der Waals surface area contributed by atoms with E-state index in [4.69, 9.17) is 32.7 Å². The first-order valence-electron chi connectivity index (χ1n) is 10.0. The Labute approximate surface area is 203 Å². The molecule has 0 saturated carbocycles. The largest absolute Gasteiger partial charge is 0.497 e. The lowest BCUT2D eigenvalue weighted by Crippen LogP contribution is -2.26. The molecule has 0 radical (unpaired) electrons. The Hall–Kier alpha value is -3.75. The van der Waals surface area contributed by atoms with E-state index in [2.05, 4.69) is 10.3 Å². The van der Waals surface area contributed by atoms with Gasteiger partial charge in [-0.25, -0.2) is 0 Å². The normalized spacial score (nSPS) is 10.8. The summed E-state index contributed by atoms with van der Waals surface area (Å²) >= 11 is 12.7. The van der Waals surface area contributed by atoms with Gasteiger partial charge in [0.25, 0.3) is 5.91 Å². The molecule has 0 fully saturated rings. The summed E-state index contributed by atoms with van der Waals surface area (Å²) in [6, 6.07) is 12.7. The van der Waals surface area contributed by atoms with Gasteiger partial charge in [-0.05, 0) is 18.2 Å². The van der Waals surface area contributed by atoms with E-state index in [9.17, 15) is 14.4 Å². The van der Waals surface area contributed by atoms with Crippen molar-refractivity contribution >= 4 is 45.8 Å². The number of nitrogens with one attached hydrogen (secondary N) is 2. The molecule has 0 saturated heterocycles. The highest BCUT2D eigenvalue weighted by Crippen LogP contribution is 2.27. The number of carbonyl (C=O) groups excluding carboxylic acids is 1. The summed E-state index contributed by atoms with van der Waals surface area (Å²) in [6.45, 7) is 0.161. The van der Waals surface area contributed by atoms with Crippen molar-refractivity contribution in [2.24, 2.45) is 0 Å². The number of fused-ring (bicyclic) bond motifs is 1. The second-order valence-electron chi connectivity index (χ2n) is 7.34. The fourth-order valence-corrected chi connectivity index (χ4v) is 4.04. The van der Waals surface area contributed by atoms with Crippen LogP contribution in [0.4, 0.5) is 5.69 Å². The highest BCUT2D eigenvalue weighted by atomic mass is 35.5. The smallest absolute Gasteiger partial charge is 0.261 e. The number of ether oxygens (including phenoxy) is 2. The van der Waals surface area contributed by atoms with Crippen LogP contribution in [-0.2, 0) is 6.54 Å². The van der Waals surface area contributed by atoms with Crippen LogP contribution < -0.4 is 25.8 Å². The minimum atomic E-state index is -0.675. The van der Waals surface area contributed by atoms with Crippen LogP contribution in [-0.4, -0.2) is 29.7 Å². The lowest BCUT2D eigenvalue weighted by Gasteiger charge is -2.15. The molecule has 1 amide bonds. The molecular weight excluding hydrogens is 481 g/mol. The van der Waals surface area contributed by atoms with Crippen molar-refractivity contribution in [3.8, 4) is 11.5 Å². The van der Waals surface area contributed by atoms with E-state index in [0.717, 1.165) is 0 Å². The molecule has 4 rings (SSSR count). The molecule has 34 heavy (non-hydrogen) atoms. The monoisotopic (exact) mass is 499 g/mol. The van der Waals surface area contributed by atoms with Crippen molar-refractivity contribution < 1.29 is 14.3 Å². The molecule has 2 aromatic heterocycles. The first-order chi connectivity index (χ1) is 16.3. The van der Waals surface area contributed by atoms with Crippen molar-refractivity contribution in [1.82, 2.24) is 9.55 Å². The molecule has 174 valence electrons. The zero-order chi connectivity index (χ0) is 24.4. The maximum absolute atomic E-state index is 13.2. The van der Waals surface area contributed by atoms with Crippen LogP contribution in [0.5, 0.6) is 11.5 Å². The van der Waals surface area contributed by atoms with Gasteiger partial charge in [-0.2, -0.15) is 0 Å². The summed E-state index contributed by atoms with van der Waals surface area (Å²) in [5.74, 6) is 0.248. The molecule has 4 aromatic rings. The third kappa shape index (κ3) is 4.64. The highest BCUT2D eigenvalue weighted by molar-refractivity contribution is 6.36. The third-order valence-corrected chi connectivity index (χ3v) is 5.92. The van der Waals surface area contributed by atoms with Crippen molar-refractivity contribution in [1.29, 1.82) is 0 Å². The standard InChI is InChI=1S/C24H19Cl2N3O5/c1-33-14-8-13(9-15(10-14)34-2)27-24(32)17-12-29(11-16-18(25)4-3-5-19(16)26)20-6-7-21(30)28-22(20)23(17)31/h3-10,12H,11H2,1-2H3,(H,27,32)(H,28,30). The fourth-order valence-electron chi connectivity index (χ4n) is 3.52. The van der Waals surface area contributed by atoms with Gasteiger partial charge in [0.2, 0.25) is 11.0 Å². The topological polar surface area (TPSA) is 102 Å². The Balaban J connectivity index is 1.83.